The molecule has 28 heavy (non-hydrogen) atoms. The molecule has 9 nitrogen and oxygen atoms in total. The third kappa shape index (κ3) is 12.6. The summed E-state index contributed by atoms with van der Waals surface area (Å²) in [7, 11) is 1.31. The maximum absolute atomic E-state index is 11.9. The van der Waals surface area contributed by atoms with Crippen LogP contribution in [-0.4, -0.2) is 85.1 Å². The van der Waals surface area contributed by atoms with Crippen molar-refractivity contribution in [2.24, 2.45) is 5.92 Å². The summed E-state index contributed by atoms with van der Waals surface area (Å²) in [4.78, 5) is 23.1. The van der Waals surface area contributed by atoms with Crippen molar-refractivity contribution in [3.63, 3.8) is 0 Å². The standard InChI is InChI=1S/C19H30O9/c1-16(20)28-18-5-3-4-17(19(21)22-2)14-26-12-10-24-8-6-23-7-9-25-11-13-27-15-18/h3-5,17H,6-15H2,1-2H3/b4-3-,18-5+/t17-/m0/s1. The van der Waals surface area contributed by atoms with Crippen molar-refractivity contribution in [2.45, 2.75) is 6.92 Å². The van der Waals surface area contributed by atoms with Crippen LogP contribution in [0.5, 0.6) is 0 Å². The summed E-state index contributed by atoms with van der Waals surface area (Å²) in [6.07, 6.45) is 4.79. The van der Waals surface area contributed by atoms with Crippen molar-refractivity contribution in [3.05, 3.63) is 24.0 Å². The fourth-order valence-electron chi connectivity index (χ4n) is 2.11. The molecule has 9 heteroatoms. The maximum Gasteiger partial charge on any atom is 0.314 e. The number of carbonyl (C=O) groups is 2. The van der Waals surface area contributed by atoms with Crippen molar-refractivity contribution in [1.82, 2.24) is 0 Å². The van der Waals surface area contributed by atoms with Gasteiger partial charge >= 0.3 is 11.9 Å². The Hall–Kier alpha value is -1.78. The van der Waals surface area contributed by atoms with Gasteiger partial charge in [0.1, 0.15) is 12.4 Å². The molecule has 0 spiro atoms. The summed E-state index contributed by atoms with van der Waals surface area (Å²) in [5, 5.41) is 0. The summed E-state index contributed by atoms with van der Waals surface area (Å²) < 4.78 is 36.9. The second-order valence-corrected chi connectivity index (χ2v) is 5.71. The molecule has 0 saturated heterocycles. The maximum atomic E-state index is 11.9. The molecule has 1 rings (SSSR count). The minimum Gasteiger partial charge on any atom is -0.468 e. The van der Waals surface area contributed by atoms with E-state index < -0.39 is 17.9 Å². The fraction of sp³-hybridized carbons (Fsp3) is 0.684. The summed E-state index contributed by atoms with van der Waals surface area (Å²) in [5.74, 6) is -1.16. The number of carbonyl (C=O) groups excluding carboxylic acids is 2. The third-order valence-electron chi connectivity index (χ3n) is 3.43. The van der Waals surface area contributed by atoms with E-state index in [0.29, 0.717) is 58.6 Å². The molecular weight excluding hydrogens is 372 g/mol. The van der Waals surface area contributed by atoms with Gasteiger partial charge in [0.15, 0.2) is 0 Å². The van der Waals surface area contributed by atoms with E-state index in [1.807, 2.05) is 0 Å². The van der Waals surface area contributed by atoms with Gasteiger partial charge in [-0.2, -0.15) is 0 Å². The lowest BCUT2D eigenvalue weighted by atomic mass is 10.1. The van der Waals surface area contributed by atoms with Crippen molar-refractivity contribution in [1.29, 1.82) is 0 Å². The number of rotatable bonds is 2. The van der Waals surface area contributed by atoms with Crippen LogP contribution in [0.25, 0.3) is 0 Å². The molecule has 0 N–H and O–H groups in total. The predicted molar refractivity (Wildman–Crippen MR) is 98.6 cm³/mol. The van der Waals surface area contributed by atoms with Gasteiger partial charge < -0.3 is 33.2 Å². The number of allylic oxidation sites excluding steroid dienone is 2. The third-order valence-corrected chi connectivity index (χ3v) is 3.43. The molecule has 1 aliphatic rings. The number of methoxy groups -OCH3 is 1. The van der Waals surface area contributed by atoms with Gasteiger partial charge in [-0.3, -0.25) is 9.59 Å². The Bertz CT molecular complexity index is 502. The number of ether oxygens (including phenoxy) is 7. The molecule has 1 heterocycles. The van der Waals surface area contributed by atoms with Crippen LogP contribution >= 0.6 is 0 Å². The Morgan fingerprint density at radius 1 is 0.893 bits per heavy atom. The van der Waals surface area contributed by atoms with Gasteiger partial charge in [0.2, 0.25) is 0 Å². The quantitative estimate of drug-likeness (QED) is 0.623. The first-order valence-corrected chi connectivity index (χ1v) is 9.15. The monoisotopic (exact) mass is 402 g/mol. The zero-order valence-corrected chi connectivity index (χ0v) is 16.6. The first-order valence-electron chi connectivity index (χ1n) is 9.15. The van der Waals surface area contributed by atoms with Crippen molar-refractivity contribution < 1.29 is 42.7 Å². The van der Waals surface area contributed by atoms with Crippen molar-refractivity contribution in [3.8, 4) is 0 Å². The SMILES string of the molecule is COC(=O)[C@H]1/C=C\C=C(\OC(C)=O)COCCOCCOCCOCCOC1. The molecule has 0 amide bonds. The molecular formula is C19H30O9. The number of esters is 2. The molecule has 0 unspecified atom stereocenters. The van der Waals surface area contributed by atoms with Crippen LogP contribution in [0.15, 0.2) is 24.0 Å². The van der Waals surface area contributed by atoms with Crippen LogP contribution in [0.3, 0.4) is 0 Å². The summed E-state index contributed by atoms with van der Waals surface area (Å²) in [6.45, 7) is 4.85. The summed E-state index contributed by atoms with van der Waals surface area (Å²) in [5.41, 5.74) is 0. The van der Waals surface area contributed by atoms with Crippen LogP contribution < -0.4 is 0 Å². The van der Waals surface area contributed by atoms with Crippen LogP contribution in [0.1, 0.15) is 6.92 Å². The number of hydrogen-bond acceptors (Lipinski definition) is 9. The lowest BCUT2D eigenvalue weighted by molar-refractivity contribution is -0.145. The van der Waals surface area contributed by atoms with E-state index in [4.69, 9.17) is 33.2 Å². The predicted octanol–water partition coefficient (Wildman–Crippen LogP) is 0.875. The van der Waals surface area contributed by atoms with E-state index in [-0.39, 0.29) is 13.2 Å². The van der Waals surface area contributed by atoms with Gasteiger partial charge in [0.25, 0.3) is 0 Å². The van der Waals surface area contributed by atoms with Gasteiger partial charge in [-0.05, 0) is 6.08 Å². The number of hydrogen-bond donors (Lipinski definition) is 0. The van der Waals surface area contributed by atoms with E-state index in [9.17, 15) is 9.59 Å². The van der Waals surface area contributed by atoms with E-state index in [1.165, 1.54) is 14.0 Å². The Morgan fingerprint density at radius 2 is 1.43 bits per heavy atom. The minimum absolute atomic E-state index is 0.0977. The van der Waals surface area contributed by atoms with Gasteiger partial charge in [0.05, 0.1) is 72.5 Å². The molecule has 0 aromatic rings. The summed E-state index contributed by atoms with van der Waals surface area (Å²) >= 11 is 0. The van der Waals surface area contributed by atoms with E-state index in [0.717, 1.165) is 0 Å². The van der Waals surface area contributed by atoms with Crippen LogP contribution in [0.2, 0.25) is 0 Å². The first-order chi connectivity index (χ1) is 13.6. The largest absolute Gasteiger partial charge is 0.468 e. The molecule has 0 saturated carbocycles. The molecule has 0 aromatic carbocycles. The van der Waals surface area contributed by atoms with Gasteiger partial charge in [-0.25, -0.2) is 0 Å². The second kappa shape index (κ2) is 16.2. The first kappa shape index (κ1) is 24.3. The molecule has 0 radical (unpaired) electrons. The van der Waals surface area contributed by atoms with Crippen molar-refractivity contribution >= 4 is 11.9 Å². The van der Waals surface area contributed by atoms with Crippen LogP contribution in [0.4, 0.5) is 0 Å². The molecule has 1 aliphatic heterocycles. The fourth-order valence-corrected chi connectivity index (χ4v) is 2.11. The van der Waals surface area contributed by atoms with E-state index in [2.05, 4.69) is 0 Å². The van der Waals surface area contributed by atoms with E-state index >= 15 is 0 Å². The highest BCUT2D eigenvalue weighted by molar-refractivity contribution is 5.74. The Kier molecular flexibility index (Phi) is 14.0. The Morgan fingerprint density at radius 3 is 1.96 bits per heavy atom. The van der Waals surface area contributed by atoms with Gasteiger partial charge in [-0.1, -0.05) is 12.2 Å². The zero-order valence-electron chi connectivity index (χ0n) is 16.6. The average Bonchev–Trinajstić information content (AvgIpc) is 2.67. The Balaban J connectivity index is 2.69. The normalized spacial score (nSPS) is 24.9. The molecule has 160 valence electrons. The lowest BCUT2D eigenvalue weighted by Crippen LogP contribution is -2.21. The lowest BCUT2D eigenvalue weighted by Gasteiger charge is -2.12. The van der Waals surface area contributed by atoms with Gasteiger partial charge in [-0.15, -0.1) is 0 Å². The van der Waals surface area contributed by atoms with E-state index in [1.54, 1.807) is 18.2 Å². The smallest absolute Gasteiger partial charge is 0.314 e. The average molecular weight is 402 g/mol. The summed E-state index contributed by atoms with van der Waals surface area (Å²) in [6, 6.07) is 0. The zero-order chi connectivity index (χ0) is 20.5. The Labute approximate surface area is 165 Å². The highest BCUT2D eigenvalue weighted by Crippen LogP contribution is 2.06. The highest BCUT2D eigenvalue weighted by atomic mass is 16.6. The van der Waals surface area contributed by atoms with Crippen molar-refractivity contribution in [2.75, 3.05) is 73.2 Å². The molecule has 0 bridgehead atoms. The molecule has 1 atom stereocenters. The van der Waals surface area contributed by atoms with Crippen LogP contribution in [0, 0.1) is 5.92 Å². The molecule has 0 fully saturated rings. The topological polar surface area (TPSA) is 98.8 Å². The highest BCUT2D eigenvalue weighted by Gasteiger charge is 2.16. The molecule has 0 aliphatic carbocycles. The second-order valence-electron chi connectivity index (χ2n) is 5.71. The van der Waals surface area contributed by atoms with Gasteiger partial charge in [0, 0.05) is 6.92 Å². The minimum atomic E-state index is -0.594. The van der Waals surface area contributed by atoms with Crippen LogP contribution in [-0.2, 0) is 42.7 Å². The molecule has 0 aromatic heterocycles.